The molecule has 0 amide bonds. The quantitative estimate of drug-likeness (QED) is 0.475. The maximum absolute atomic E-state index is 13.1. The molecule has 0 N–H and O–H groups in total. The standard InChI is InChI=1S/C22H22ClFN2/c1-2-12-25(15-19-5-3-6-20(23)14-19)17-22-7-4-13-26(22)16-18-8-10-21(24)11-9-18/h2-11,13-14H,1,12,15-17H2. The number of hydrogen-bond acceptors (Lipinski definition) is 1. The summed E-state index contributed by atoms with van der Waals surface area (Å²) >= 11 is 6.11. The number of halogens is 2. The van der Waals surface area contributed by atoms with Gasteiger partial charge in [0.2, 0.25) is 0 Å². The van der Waals surface area contributed by atoms with E-state index in [9.17, 15) is 4.39 Å². The van der Waals surface area contributed by atoms with Crippen LogP contribution in [-0.4, -0.2) is 16.0 Å². The lowest BCUT2D eigenvalue weighted by molar-refractivity contribution is 0.279. The topological polar surface area (TPSA) is 8.17 Å². The molecule has 3 aromatic rings. The van der Waals surface area contributed by atoms with Crippen LogP contribution in [0, 0.1) is 5.82 Å². The highest BCUT2D eigenvalue weighted by Crippen LogP contribution is 2.16. The van der Waals surface area contributed by atoms with Crippen molar-refractivity contribution in [3.63, 3.8) is 0 Å². The minimum absolute atomic E-state index is 0.208. The maximum atomic E-state index is 13.1. The van der Waals surface area contributed by atoms with Crippen LogP contribution in [0.2, 0.25) is 5.02 Å². The Morgan fingerprint density at radius 1 is 1.00 bits per heavy atom. The fourth-order valence-electron chi connectivity index (χ4n) is 3.02. The Balaban J connectivity index is 1.72. The van der Waals surface area contributed by atoms with Crippen LogP contribution < -0.4 is 0 Å². The predicted molar refractivity (Wildman–Crippen MR) is 106 cm³/mol. The van der Waals surface area contributed by atoms with Crippen LogP contribution in [0.5, 0.6) is 0 Å². The highest BCUT2D eigenvalue weighted by atomic mass is 35.5. The van der Waals surface area contributed by atoms with E-state index in [1.165, 1.54) is 23.4 Å². The second kappa shape index (κ2) is 8.84. The maximum Gasteiger partial charge on any atom is 0.123 e. The smallest absolute Gasteiger partial charge is 0.123 e. The molecule has 26 heavy (non-hydrogen) atoms. The molecule has 0 spiro atoms. The first-order chi connectivity index (χ1) is 12.6. The monoisotopic (exact) mass is 368 g/mol. The van der Waals surface area contributed by atoms with Crippen molar-refractivity contribution in [1.29, 1.82) is 0 Å². The molecule has 2 nitrogen and oxygen atoms in total. The third-order valence-electron chi connectivity index (χ3n) is 4.26. The molecule has 134 valence electrons. The summed E-state index contributed by atoms with van der Waals surface area (Å²) in [6.07, 6.45) is 3.97. The third kappa shape index (κ3) is 5.07. The molecule has 0 bridgehead atoms. The molecule has 0 atom stereocenters. The van der Waals surface area contributed by atoms with Crippen LogP contribution in [0.1, 0.15) is 16.8 Å². The van der Waals surface area contributed by atoms with Crippen molar-refractivity contribution in [2.75, 3.05) is 6.54 Å². The van der Waals surface area contributed by atoms with E-state index >= 15 is 0 Å². The Labute approximate surface area is 159 Å². The first-order valence-electron chi connectivity index (χ1n) is 8.60. The van der Waals surface area contributed by atoms with E-state index in [0.717, 1.165) is 36.8 Å². The number of benzene rings is 2. The molecule has 0 aliphatic carbocycles. The van der Waals surface area contributed by atoms with Gasteiger partial charge >= 0.3 is 0 Å². The van der Waals surface area contributed by atoms with Crippen LogP contribution in [0.15, 0.2) is 79.5 Å². The van der Waals surface area contributed by atoms with Gasteiger partial charge in [0.05, 0.1) is 0 Å². The Kier molecular flexibility index (Phi) is 6.26. The minimum Gasteiger partial charge on any atom is -0.346 e. The summed E-state index contributed by atoms with van der Waals surface area (Å²) < 4.78 is 15.3. The molecule has 2 aromatic carbocycles. The van der Waals surface area contributed by atoms with E-state index in [2.05, 4.69) is 34.4 Å². The second-order valence-electron chi connectivity index (χ2n) is 6.34. The van der Waals surface area contributed by atoms with Crippen LogP contribution in [0.3, 0.4) is 0 Å². The van der Waals surface area contributed by atoms with Crippen molar-refractivity contribution in [2.45, 2.75) is 19.6 Å². The fraction of sp³-hybridized carbons (Fsp3) is 0.182. The summed E-state index contributed by atoms with van der Waals surface area (Å²) in [5.74, 6) is -0.208. The summed E-state index contributed by atoms with van der Waals surface area (Å²) in [7, 11) is 0. The van der Waals surface area contributed by atoms with Crippen molar-refractivity contribution in [3.8, 4) is 0 Å². The van der Waals surface area contributed by atoms with E-state index < -0.39 is 0 Å². The van der Waals surface area contributed by atoms with Gasteiger partial charge in [-0.3, -0.25) is 4.90 Å². The molecule has 0 saturated carbocycles. The molecule has 3 rings (SSSR count). The van der Waals surface area contributed by atoms with Gasteiger partial charge in [-0.05, 0) is 47.5 Å². The summed E-state index contributed by atoms with van der Waals surface area (Å²) in [4.78, 5) is 2.31. The Bertz CT molecular complexity index is 855. The van der Waals surface area contributed by atoms with Crippen LogP contribution >= 0.6 is 11.6 Å². The van der Waals surface area contributed by atoms with Crippen molar-refractivity contribution in [1.82, 2.24) is 9.47 Å². The molecule has 1 aromatic heterocycles. The SMILES string of the molecule is C=CCN(Cc1cccc(Cl)c1)Cc1cccn1Cc1ccc(F)cc1. The van der Waals surface area contributed by atoms with Crippen molar-refractivity contribution in [3.05, 3.63) is 107 Å². The minimum atomic E-state index is -0.208. The van der Waals surface area contributed by atoms with Crippen molar-refractivity contribution < 1.29 is 4.39 Å². The van der Waals surface area contributed by atoms with E-state index in [1.807, 2.05) is 42.5 Å². The number of nitrogens with zero attached hydrogens (tertiary/aromatic N) is 2. The number of hydrogen-bond donors (Lipinski definition) is 0. The van der Waals surface area contributed by atoms with Gasteiger partial charge in [0, 0.05) is 43.1 Å². The van der Waals surface area contributed by atoms with Gasteiger partial charge in [0.1, 0.15) is 5.82 Å². The van der Waals surface area contributed by atoms with Gasteiger partial charge < -0.3 is 4.57 Å². The first-order valence-corrected chi connectivity index (χ1v) is 8.98. The normalized spacial score (nSPS) is 11.0. The molecular weight excluding hydrogens is 347 g/mol. The Morgan fingerprint density at radius 2 is 1.81 bits per heavy atom. The molecule has 0 unspecified atom stereocenters. The summed E-state index contributed by atoms with van der Waals surface area (Å²) in [5, 5.41) is 0.751. The molecule has 0 saturated heterocycles. The zero-order valence-electron chi connectivity index (χ0n) is 14.6. The highest BCUT2D eigenvalue weighted by molar-refractivity contribution is 6.30. The third-order valence-corrected chi connectivity index (χ3v) is 4.49. The molecule has 0 radical (unpaired) electrons. The van der Waals surface area contributed by atoms with Crippen molar-refractivity contribution >= 4 is 11.6 Å². The van der Waals surface area contributed by atoms with Gasteiger partial charge in [-0.1, -0.05) is 41.9 Å². The second-order valence-corrected chi connectivity index (χ2v) is 6.78. The first kappa shape index (κ1) is 18.4. The Hall–Kier alpha value is -2.36. The van der Waals surface area contributed by atoms with Gasteiger partial charge in [0.15, 0.2) is 0 Å². The molecule has 0 aliphatic rings. The average molecular weight is 369 g/mol. The molecule has 0 aliphatic heterocycles. The van der Waals surface area contributed by atoms with E-state index in [-0.39, 0.29) is 5.82 Å². The molecular formula is C22H22ClFN2. The van der Waals surface area contributed by atoms with Gasteiger partial charge in [0.25, 0.3) is 0 Å². The molecule has 0 fully saturated rings. The van der Waals surface area contributed by atoms with E-state index in [1.54, 1.807) is 0 Å². The lowest BCUT2D eigenvalue weighted by atomic mass is 10.2. The average Bonchev–Trinajstić information content (AvgIpc) is 3.04. The van der Waals surface area contributed by atoms with Crippen LogP contribution in [0.25, 0.3) is 0 Å². The number of aromatic nitrogens is 1. The Morgan fingerprint density at radius 3 is 2.54 bits per heavy atom. The molecule has 4 heteroatoms. The van der Waals surface area contributed by atoms with Gasteiger partial charge in [-0.2, -0.15) is 0 Å². The van der Waals surface area contributed by atoms with Crippen molar-refractivity contribution in [2.24, 2.45) is 0 Å². The summed E-state index contributed by atoms with van der Waals surface area (Å²) in [6.45, 7) is 6.99. The van der Waals surface area contributed by atoms with E-state index in [0.29, 0.717) is 0 Å². The number of rotatable bonds is 8. The lowest BCUT2D eigenvalue weighted by Crippen LogP contribution is -2.24. The predicted octanol–water partition coefficient (Wildman–Crippen LogP) is 5.52. The summed E-state index contributed by atoms with van der Waals surface area (Å²) in [6, 6.07) is 18.8. The lowest BCUT2D eigenvalue weighted by Gasteiger charge is -2.22. The van der Waals surface area contributed by atoms with Crippen LogP contribution in [-0.2, 0) is 19.6 Å². The summed E-state index contributed by atoms with van der Waals surface area (Å²) in [5.41, 5.74) is 3.46. The largest absolute Gasteiger partial charge is 0.346 e. The fourth-order valence-corrected chi connectivity index (χ4v) is 3.24. The molecule has 1 heterocycles. The highest BCUT2D eigenvalue weighted by Gasteiger charge is 2.10. The van der Waals surface area contributed by atoms with E-state index in [4.69, 9.17) is 11.6 Å². The zero-order valence-corrected chi connectivity index (χ0v) is 15.4. The van der Waals surface area contributed by atoms with Gasteiger partial charge in [-0.15, -0.1) is 6.58 Å². The van der Waals surface area contributed by atoms with Crippen LogP contribution in [0.4, 0.5) is 4.39 Å². The van der Waals surface area contributed by atoms with Gasteiger partial charge in [-0.25, -0.2) is 4.39 Å². The zero-order chi connectivity index (χ0) is 18.4.